The highest BCUT2D eigenvalue weighted by molar-refractivity contribution is 7.89. The molecule has 1 aromatic carbocycles. The fraction of sp³-hybridized carbons (Fsp3) is 0.625. The van der Waals surface area contributed by atoms with Crippen molar-refractivity contribution in [2.75, 3.05) is 25.4 Å². The molecule has 1 fully saturated rings. The normalized spacial score (nSPS) is 17.5. The number of piperidine rings is 1. The van der Waals surface area contributed by atoms with Crippen LogP contribution in [0.15, 0.2) is 24.3 Å². The van der Waals surface area contributed by atoms with Crippen molar-refractivity contribution in [3.8, 4) is 5.75 Å². The van der Waals surface area contributed by atoms with Gasteiger partial charge in [-0.1, -0.05) is 18.2 Å². The van der Waals surface area contributed by atoms with Crippen molar-refractivity contribution in [3.05, 3.63) is 29.8 Å². The van der Waals surface area contributed by atoms with Crippen LogP contribution in [0.1, 0.15) is 32.3 Å². The monoisotopic (exact) mass is 326 g/mol. The quantitative estimate of drug-likeness (QED) is 0.832. The van der Waals surface area contributed by atoms with Crippen LogP contribution in [0.4, 0.5) is 0 Å². The van der Waals surface area contributed by atoms with E-state index in [9.17, 15) is 8.42 Å². The Morgan fingerprint density at radius 2 is 1.91 bits per heavy atom. The van der Waals surface area contributed by atoms with Crippen LogP contribution in [-0.2, 0) is 16.6 Å². The molecule has 1 aliphatic heterocycles. The van der Waals surface area contributed by atoms with Crippen LogP contribution in [-0.4, -0.2) is 44.2 Å². The van der Waals surface area contributed by atoms with Crippen molar-refractivity contribution in [2.24, 2.45) is 0 Å². The maximum absolute atomic E-state index is 11.8. The van der Waals surface area contributed by atoms with Crippen molar-refractivity contribution in [1.82, 2.24) is 9.62 Å². The molecule has 6 heteroatoms. The van der Waals surface area contributed by atoms with Gasteiger partial charge in [-0.3, -0.25) is 0 Å². The fourth-order valence-electron chi connectivity index (χ4n) is 2.72. The number of hydrogen-bond acceptors (Lipinski definition) is 4. The zero-order valence-electron chi connectivity index (χ0n) is 13.4. The van der Waals surface area contributed by atoms with E-state index in [-0.39, 0.29) is 5.75 Å². The summed E-state index contributed by atoms with van der Waals surface area (Å²) < 4.78 is 30.9. The Hall–Kier alpha value is -1.11. The van der Waals surface area contributed by atoms with E-state index in [2.05, 4.69) is 11.4 Å². The topological polar surface area (TPSA) is 58.6 Å². The summed E-state index contributed by atoms with van der Waals surface area (Å²) in [6.45, 7) is 6.31. The number of hydrogen-bond donors (Lipinski definition) is 1. The van der Waals surface area contributed by atoms with E-state index in [0.29, 0.717) is 25.7 Å². The minimum atomic E-state index is -3.04. The van der Waals surface area contributed by atoms with E-state index in [1.807, 2.05) is 25.1 Å². The summed E-state index contributed by atoms with van der Waals surface area (Å²) >= 11 is 0. The lowest BCUT2D eigenvalue weighted by Gasteiger charge is -2.31. The predicted molar refractivity (Wildman–Crippen MR) is 88.5 cm³/mol. The second-order valence-corrected chi connectivity index (χ2v) is 7.75. The van der Waals surface area contributed by atoms with Gasteiger partial charge < -0.3 is 10.1 Å². The van der Waals surface area contributed by atoms with E-state index < -0.39 is 10.0 Å². The highest BCUT2D eigenvalue weighted by atomic mass is 32.2. The zero-order chi connectivity index (χ0) is 16.0. The molecule has 0 amide bonds. The molecule has 1 aliphatic rings. The van der Waals surface area contributed by atoms with E-state index >= 15 is 0 Å². The molecule has 22 heavy (non-hydrogen) atoms. The molecule has 1 heterocycles. The second kappa shape index (κ2) is 7.94. The Balaban J connectivity index is 1.85. The van der Waals surface area contributed by atoms with Gasteiger partial charge in [0.15, 0.2) is 0 Å². The molecule has 1 saturated heterocycles. The molecule has 0 radical (unpaired) electrons. The molecule has 1 N–H and O–H groups in total. The molecule has 0 atom stereocenters. The van der Waals surface area contributed by atoms with Crippen LogP contribution in [0, 0.1) is 0 Å². The van der Waals surface area contributed by atoms with Gasteiger partial charge in [-0.25, -0.2) is 12.7 Å². The van der Waals surface area contributed by atoms with Crippen molar-refractivity contribution < 1.29 is 13.2 Å². The zero-order valence-corrected chi connectivity index (χ0v) is 14.2. The van der Waals surface area contributed by atoms with Crippen molar-refractivity contribution in [3.63, 3.8) is 0 Å². The fourth-order valence-corrected chi connectivity index (χ4v) is 3.85. The highest BCUT2D eigenvalue weighted by Gasteiger charge is 2.26. The number of nitrogens with one attached hydrogen (secondary N) is 1. The Labute approximate surface area is 133 Å². The van der Waals surface area contributed by atoms with Gasteiger partial charge >= 0.3 is 0 Å². The maximum Gasteiger partial charge on any atom is 0.213 e. The Morgan fingerprint density at radius 3 is 2.55 bits per heavy atom. The first-order chi connectivity index (χ1) is 10.6. The van der Waals surface area contributed by atoms with E-state index in [1.54, 1.807) is 11.2 Å². The van der Waals surface area contributed by atoms with E-state index in [0.717, 1.165) is 30.7 Å². The Kier molecular flexibility index (Phi) is 6.23. The second-order valence-electron chi connectivity index (χ2n) is 5.50. The first-order valence-corrected chi connectivity index (χ1v) is 9.59. The third kappa shape index (κ3) is 4.44. The minimum Gasteiger partial charge on any atom is -0.494 e. The molecular formula is C16H26N2O3S. The number of nitrogens with zero attached hydrogens (tertiary/aromatic N) is 1. The molecule has 0 aliphatic carbocycles. The number of benzene rings is 1. The largest absolute Gasteiger partial charge is 0.494 e. The molecule has 0 aromatic heterocycles. The molecule has 1 aromatic rings. The van der Waals surface area contributed by atoms with E-state index in [1.165, 1.54) is 0 Å². The van der Waals surface area contributed by atoms with Gasteiger partial charge in [0.05, 0.1) is 12.4 Å². The third-order valence-corrected chi connectivity index (χ3v) is 5.95. The lowest BCUT2D eigenvalue weighted by Crippen LogP contribution is -2.45. The lowest BCUT2D eigenvalue weighted by molar-refractivity contribution is 0.286. The smallest absolute Gasteiger partial charge is 0.213 e. The van der Waals surface area contributed by atoms with Crippen molar-refractivity contribution >= 4 is 10.0 Å². The molecular weight excluding hydrogens is 300 g/mol. The van der Waals surface area contributed by atoms with Crippen molar-refractivity contribution in [1.29, 1.82) is 0 Å². The van der Waals surface area contributed by atoms with Gasteiger partial charge in [-0.2, -0.15) is 0 Å². The van der Waals surface area contributed by atoms with Gasteiger partial charge in [0.1, 0.15) is 5.75 Å². The number of ether oxygens (including phenoxy) is 1. The first-order valence-electron chi connectivity index (χ1n) is 7.98. The lowest BCUT2D eigenvalue weighted by atomic mass is 10.1. The molecule has 0 saturated carbocycles. The highest BCUT2D eigenvalue weighted by Crippen LogP contribution is 2.19. The summed E-state index contributed by atoms with van der Waals surface area (Å²) in [4.78, 5) is 0. The van der Waals surface area contributed by atoms with Gasteiger partial charge in [0.25, 0.3) is 0 Å². The standard InChI is InChI=1S/C16H26N2O3S/c1-3-21-16-8-6-5-7-14(16)13-17-15-9-11-18(12-10-15)22(19,20)4-2/h5-8,15,17H,3-4,9-13H2,1-2H3. The Morgan fingerprint density at radius 1 is 1.23 bits per heavy atom. The molecule has 0 spiro atoms. The average molecular weight is 326 g/mol. The van der Waals surface area contributed by atoms with E-state index in [4.69, 9.17) is 4.74 Å². The number of sulfonamides is 1. The summed E-state index contributed by atoms with van der Waals surface area (Å²) in [5.74, 6) is 1.11. The summed E-state index contributed by atoms with van der Waals surface area (Å²) in [6.07, 6.45) is 1.71. The van der Waals surface area contributed by atoms with Gasteiger partial charge in [0, 0.05) is 31.2 Å². The maximum atomic E-state index is 11.8. The molecule has 0 unspecified atom stereocenters. The van der Waals surface area contributed by atoms with Crippen LogP contribution in [0.2, 0.25) is 0 Å². The SMILES string of the molecule is CCOc1ccccc1CNC1CCN(S(=O)(=O)CC)CC1. The summed E-state index contributed by atoms with van der Waals surface area (Å²) in [6, 6.07) is 8.39. The minimum absolute atomic E-state index is 0.187. The van der Waals surface area contributed by atoms with Crippen LogP contribution in [0.25, 0.3) is 0 Å². The number of rotatable bonds is 7. The number of para-hydroxylation sites is 1. The molecule has 2 rings (SSSR count). The molecule has 124 valence electrons. The van der Waals surface area contributed by atoms with Gasteiger partial charge in [-0.05, 0) is 32.8 Å². The summed E-state index contributed by atoms with van der Waals surface area (Å²) in [7, 11) is -3.04. The molecule has 0 bridgehead atoms. The summed E-state index contributed by atoms with van der Waals surface area (Å²) in [5.41, 5.74) is 1.15. The van der Waals surface area contributed by atoms with Gasteiger partial charge in [0.2, 0.25) is 10.0 Å². The van der Waals surface area contributed by atoms with Crippen LogP contribution in [0.5, 0.6) is 5.75 Å². The van der Waals surface area contributed by atoms with Crippen LogP contribution < -0.4 is 10.1 Å². The average Bonchev–Trinajstić information content (AvgIpc) is 2.55. The van der Waals surface area contributed by atoms with Crippen LogP contribution in [0.3, 0.4) is 0 Å². The van der Waals surface area contributed by atoms with Crippen LogP contribution >= 0.6 is 0 Å². The third-order valence-electron chi connectivity index (χ3n) is 4.07. The first kappa shape index (κ1) is 17.2. The van der Waals surface area contributed by atoms with Crippen molar-refractivity contribution in [2.45, 2.75) is 39.3 Å². The summed E-state index contributed by atoms with van der Waals surface area (Å²) in [5, 5.41) is 3.53. The Bertz CT molecular complexity index is 567. The van der Waals surface area contributed by atoms with Gasteiger partial charge in [-0.15, -0.1) is 0 Å². The predicted octanol–water partition coefficient (Wildman–Crippen LogP) is 1.99. The molecule has 5 nitrogen and oxygen atoms in total.